The van der Waals surface area contributed by atoms with Gasteiger partial charge in [-0.2, -0.15) is 0 Å². The topological polar surface area (TPSA) is 120 Å². The molecule has 0 fully saturated rings. The first-order valence-corrected chi connectivity index (χ1v) is 7.70. The van der Waals surface area contributed by atoms with Gasteiger partial charge in [-0.3, -0.25) is 9.59 Å². The number of nitrogens with one attached hydrogen (secondary N) is 1. The Kier molecular flexibility index (Phi) is 5.92. The van der Waals surface area contributed by atoms with Gasteiger partial charge in [0.25, 0.3) is 5.91 Å². The molecule has 0 heterocycles. The van der Waals surface area contributed by atoms with Crippen LogP contribution >= 0.6 is 0 Å². The van der Waals surface area contributed by atoms with Crippen molar-refractivity contribution in [1.82, 2.24) is 5.32 Å². The Morgan fingerprint density at radius 1 is 1.00 bits per heavy atom. The molecular formula is C18H22N3O3+. The monoisotopic (exact) mass is 328 g/mol. The van der Waals surface area contributed by atoms with Gasteiger partial charge in [0.05, 0.1) is 0 Å². The molecule has 0 aliphatic rings. The van der Waals surface area contributed by atoms with E-state index < -0.39 is 18.0 Å². The first-order chi connectivity index (χ1) is 11.5. The summed E-state index contributed by atoms with van der Waals surface area (Å²) in [5.41, 5.74) is 11.0. The number of hydrogen-bond donors (Lipinski definition) is 4. The fourth-order valence-electron chi connectivity index (χ4n) is 2.37. The van der Waals surface area contributed by atoms with Crippen molar-refractivity contribution in [2.75, 3.05) is 0 Å². The van der Waals surface area contributed by atoms with Gasteiger partial charge in [0.15, 0.2) is 6.04 Å². The van der Waals surface area contributed by atoms with E-state index in [0.717, 1.165) is 11.1 Å². The zero-order valence-corrected chi connectivity index (χ0v) is 13.3. The number of hydrogen-bond acceptors (Lipinski definition) is 3. The van der Waals surface area contributed by atoms with Crippen molar-refractivity contribution in [1.29, 1.82) is 0 Å². The van der Waals surface area contributed by atoms with Crippen molar-refractivity contribution in [3.05, 3.63) is 65.7 Å². The molecule has 2 amide bonds. The maximum atomic E-state index is 12.3. The second-order valence-corrected chi connectivity index (χ2v) is 5.72. The van der Waals surface area contributed by atoms with Crippen LogP contribution in [0.5, 0.6) is 5.75 Å². The van der Waals surface area contributed by atoms with Crippen LogP contribution in [0.25, 0.3) is 0 Å². The molecule has 0 aromatic heterocycles. The van der Waals surface area contributed by atoms with E-state index >= 15 is 0 Å². The lowest BCUT2D eigenvalue weighted by atomic mass is 10.0. The molecule has 2 rings (SSSR count). The Hall–Kier alpha value is -2.86. The average Bonchev–Trinajstić information content (AvgIpc) is 2.57. The second kappa shape index (κ2) is 8.12. The summed E-state index contributed by atoms with van der Waals surface area (Å²) in [6.07, 6.45) is 0.747. The van der Waals surface area contributed by atoms with Gasteiger partial charge in [-0.15, -0.1) is 0 Å². The Morgan fingerprint density at radius 2 is 1.58 bits per heavy atom. The summed E-state index contributed by atoms with van der Waals surface area (Å²) in [6.45, 7) is 0. The van der Waals surface area contributed by atoms with Crippen LogP contribution in [-0.2, 0) is 22.4 Å². The predicted molar refractivity (Wildman–Crippen MR) is 89.8 cm³/mol. The summed E-state index contributed by atoms with van der Waals surface area (Å²) >= 11 is 0. The van der Waals surface area contributed by atoms with Crippen LogP contribution in [0.4, 0.5) is 0 Å². The highest BCUT2D eigenvalue weighted by Crippen LogP contribution is 2.11. The zero-order chi connectivity index (χ0) is 17.5. The molecule has 6 nitrogen and oxygen atoms in total. The van der Waals surface area contributed by atoms with Crippen LogP contribution in [0.15, 0.2) is 54.6 Å². The quantitative estimate of drug-likeness (QED) is 0.561. The Morgan fingerprint density at radius 3 is 2.17 bits per heavy atom. The third-order valence-electron chi connectivity index (χ3n) is 3.73. The number of nitrogens with two attached hydrogens (primary N) is 1. The van der Waals surface area contributed by atoms with E-state index in [1.54, 1.807) is 24.3 Å². The maximum absolute atomic E-state index is 12.3. The van der Waals surface area contributed by atoms with Crippen LogP contribution in [0.2, 0.25) is 0 Å². The average molecular weight is 328 g/mol. The van der Waals surface area contributed by atoms with Crippen molar-refractivity contribution in [3.8, 4) is 5.75 Å². The predicted octanol–water partition coefficient (Wildman–Crippen LogP) is -0.242. The third-order valence-corrected chi connectivity index (χ3v) is 3.73. The number of carbonyl (C=O) groups excluding carboxylic acids is 2. The van der Waals surface area contributed by atoms with Crippen molar-refractivity contribution in [2.45, 2.75) is 24.9 Å². The number of quaternary nitrogens is 1. The second-order valence-electron chi connectivity index (χ2n) is 5.72. The van der Waals surface area contributed by atoms with E-state index in [1.165, 1.54) is 0 Å². The summed E-state index contributed by atoms with van der Waals surface area (Å²) < 4.78 is 0. The molecule has 0 aliphatic carbocycles. The molecule has 126 valence electrons. The van der Waals surface area contributed by atoms with Gasteiger partial charge in [-0.25, -0.2) is 0 Å². The van der Waals surface area contributed by atoms with Crippen LogP contribution < -0.4 is 16.8 Å². The van der Waals surface area contributed by atoms with Crippen LogP contribution in [0.1, 0.15) is 11.1 Å². The highest BCUT2D eigenvalue weighted by molar-refractivity contribution is 5.88. The molecule has 0 saturated carbocycles. The van der Waals surface area contributed by atoms with Gasteiger partial charge in [-0.05, 0) is 23.3 Å². The van der Waals surface area contributed by atoms with Crippen LogP contribution in [-0.4, -0.2) is 29.0 Å². The molecule has 2 aromatic carbocycles. The molecule has 0 aliphatic heterocycles. The number of aromatic hydroxyl groups is 1. The molecule has 6 heteroatoms. The lowest BCUT2D eigenvalue weighted by Gasteiger charge is -2.17. The number of benzene rings is 2. The van der Waals surface area contributed by atoms with Gasteiger partial charge in [0, 0.05) is 12.8 Å². The summed E-state index contributed by atoms with van der Waals surface area (Å²) in [6, 6.07) is 14.6. The van der Waals surface area contributed by atoms with Crippen LogP contribution in [0.3, 0.4) is 0 Å². The van der Waals surface area contributed by atoms with E-state index in [2.05, 4.69) is 11.1 Å². The first kappa shape index (κ1) is 17.5. The smallest absolute Gasteiger partial charge is 0.279 e. The van der Waals surface area contributed by atoms with Gasteiger partial charge < -0.3 is 21.9 Å². The van der Waals surface area contributed by atoms with Gasteiger partial charge in [-0.1, -0.05) is 42.5 Å². The summed E-state index contributed by atoms with van der Waals surface area (Å²) in [5, 5.41) is 11.9. The number of amides is 2. The molecule has 0 bridgehead atoms. The lowest BCUT2D eigenvalue weighted by Crippen LogP contribution is -2.69. The van der Waals surface area contributed by atoms with E-state index in [1.807, 2.05) is 30.3 Å². The number of phenols is 1. The number of phenolic OH excluding ortho intramolecular Hbond substituents is 1. The normalized spacial score (nSPS) is 13.0. The largest absolute Gasteiger partial charge is 0.508 e. The van der Waals surface area contributed by atoms with Crippen LogP contribution in [0, 0.1) is 0 Å². The highest BCUT2D eigenvalue weighted by Gasteiger charge is 2.24. The molecule has 0 spiro atoms. The van der Waals surface area contributed by atoms with E-state index in [4.69, 9.17) is 5.73 Å². The Labute approximate surface area is 140 Å². The van der Waals surface area contributed by atoms with Crippen molar-refractivity contribution < 1.29 is 20.4 Å². The minimum Gasteiger partial charge on any atom is -0.508 e. The molecule has 2 atom stereocenters. The Bertz CT molecular complexity index is 686. The number of primary amides is 1. The summed E-state index contributed by atoms with van der Waals surface area (Å²) in [7, 11) is 0. The summed E-state index contributed by atoms with van der Waals surface area (Å²) in [5.74, 6) is -0.743. The van der Waals surface area contributed by atoms with Gasteiger partial charge in [0.2, 0.25) is 5.91 Å². The Balaban J connectivity index is 1.96. The fourth-order valence-corrected chi connectivity index (χ4v) is 2.37. The van der Waals surface area contributed by atoms with E-state index in [9.17, 15) is 14.7 Å². The minimum atomic E-state index is -0.774. The SMILES string of the molecule is NC(=O)[C@H](Cc1ccccc1)NC(=O)[C@@H]([NH3+])Cc1ccc(O)cc1. The van der Waals surface area contributed by atoms with E-state index in [0.29, 0.717) is 12.8 Å². The molecule has 24 heavy (non-hydrogen) atoms. The maximum Gasteiger partial charge on any atom is 0.279 e. The first-order valence-electron chi connectivity index (χ1n) is 7.70. The molecular weight excluding hydrogens is 306 g/mol. The summed E-state index contributed by atoms with van der Waals surface area (Å²) in [4.78, 5) is 23.9. The highest BCUT2D eigenvalue weighted by atomic mass is 16.3. The number of carbonyl (C=O) groups is 2. The lowest BCUT2D eigenvalue weighted by molar-refractivity contribution is -0.403. The van der Waals surface area contributed by atoms with Crippen molar-refractivity contribution in [2.24, 2.45) is 5.73 Å². The molecule has 7 N–H and O–H groups in total. The minimum absolute atomic E-state index is 0.167. The molecule has 0 radical (unpaired) electrons. The zero-order valence-electron chi connectivity index (χ0n) is 13.3. The number of rotatable bonds is 7. The van der Waals surface area contributed by atoms with Gasteiger partial charge in [0.1, 0.15) is 11.8 Å². The van der Waals surface area contributed by atoms with Crippen molar-refractivity contribution >= 4 is 11.8 Å². The van der Waals surface area contributed by atoms with Crippen molar-refractivity contribution in [3.63, 3.8) is 0 Å². The van der Waals surface area contributed by atoms with Gasteiger partial charge >= 0.3 is 0 Å². The van der Waals surface area contributed by atoms with E-state index in [-0.39, 0.29) is 11.7 Å². The molecule has 0 unspecified atom stereocenters. The third kappa shape index (κ3) is 5.10. The fraction of sp³-hybridized carbons (Fsp3) is 0.222. The standard InChI is InChI=1S/C18H21N3O3/c19-15(10-13-6-8-14(22)9-7-13)18(24)21-16(17(20)23)11-12-4-2-1-3-5-12/h1-9,15-16,22H,10-11,19H2,(H2,20,23)(H,21,24)/p+1/t15-,16-/m0/s1. The molecule has 2 aromatic rings. The molecule has 0 saturated heterocycles.